The van der Waals surface area contributed by atoms with Crippen molar-refractivity contribution in [2.45, 2.75) is 26.8 Å². The van der Waals surface area contributed by atoms with Crippen molar-refractivity contribution in [1.29, 1.82) is 0 Å². The van der Waals surface area contributed by atoms with Crippen molar-refractivity contribution in [1.82, 2.24) is 4.90 Å². The van der Waals surface area contributed by atoms with E-state index in [9.17, 15) is 4.79 Å². The molecule has 0 N–H and O–H groups in total. The standard InChI is InChI=1S/C11H16ClNOS/c1-4-13(5-2)8(3)11(14)9-6-7-10(12)15-9/h6-8H,4-5H2,1-3H3. The molecule has 1 aromatic heterocycles. The van der Waals surface area contributed by atoms with Gasteiger partial charge in [0.1, 0.15) is 0 Å². The zero-order valence-corrected chi connectivity index (χ0v) is 10.9. The largest absolute Gasteiger partial charge is 0.294 e. The minimum absolute atomic E-state index is 0.0604. The lowest BCUT2D eigenvalue weighted by Crippen LogP contribution is -2.38. The first-order chi connectivity index (χ1) is 7.10. The Morgan fingerprint density at radius 2 is 2.07 bits per heavy atom. The van der Waals surface area contributed by atoms with Crippen molar-refractivity contribution in [2.24, 2.45) is 0 Å². The summed E-state index contributed by atoms with van der Waals surface area (Å²) in [5, 5.41) is 0. The van der Waals surface area contributed by atoms with Gasteiger partial charge in [0.2, 0.25) is 0 Å². The number of ketones is 1. The first-order valence-electron chi connectivity index (χ1n) is 5.13. The fourth-order valence-electron chi connectivity index (χ4n) is 1.59. The van der Waals surface area contributed by atoms with Crippen molar-refractivity contribution in [2.75, 3.05) is 13.1 Å². The molecule has 0 aromatic carbocycles. The summed E-state index contributed by atoms with van der Waals surface area (Å²) in [6.07, 6.45) is 0. The average molecular weight is 246 g/mol. The summed E-state index contributed by atoms with van der Waals surface area (Å²) in [7, 11) is 0. The highest BCUT2D eigenvalue weighted by molar-refractivity contribution is 7.18. The quantitative estimate of drug-likeness (QED) is 0.742. The number of halogens is 1. The molecule has 1 atom stereocenters. The summed E-state index contributed by atoms with van der Waals surface area (Å²) < 4.78 is 0.671. The molecule has 1 unspecified atom stereocenters. The Kier molecular flexibility index (Phi) is 4.77. The highest BCUT2D eigenvalue weighted by Gasteiger charge is 2.21. The van der Waals surface area contributed by atoms with Crippen LogP contribution in [0.25, 0.3) is 0 Å². The Labute approximate surface area is 99.9 Å². The van der Waals surface area contributed by atoms with Gasteiger partial charge in [-0.15, -0.1) is 11.3 Å². The summed E-state index contributed by atoms with van der Waals surface area (Å²) in [5.41, 5.74) is 0. The fourth-order valence-corrected chi connectivity index (χ4v) is 2.66. The van der Waals surface area contributed by atoms with Gasteiger partial charge in [-0.1, -0.05) is 25.4 Å². The zero-order valence-electron chi connectivity index (χ0n) is 9.29. The van der Waals surface area contributed by atoms with E-state index in [1.807, 2.05) is 6.92 Å². The lowest BCUT2D eigenvalue weighted by Gasteiger charge is -2.24. The van der Waals surface area contributed by atoms with Crippen LogP contribution >= 0.6 is 22.9 Å². The van der Waals surface area contributed by atoms with Crippen LogP contribution in [0.5, 0.6) is 0 Å². The number of hydrogen-bond acceptors (Lipinski definition) is 3. The Hall–Kier alpha value is -0.380. The molecule has 84 valence electrons. The van der Waals surface area contributed by atoms with Crippen LogP contribution in [0, 0.1) is 0 Å². The molecule has 0 fully saturated rings. The van der Waals surface area contributed by atoms with Crippen LogP contribution in [-0.2, 0) is 0 Å². The van der Waals surface area contributed by atoms with Crippen molar-refractivity contribution >= 4 is 28.7 Å². The van der Waals surface area contributed by atoms with Crippen LogP contribution < -0.4 is 0 Å². The molecule has 15 heavy (non-hydrogen) atoms. The van der Waals surface area contributed by atoms with Gasteiger partial charge in [0.25, 0.3) is 0 Å². The van der Waals surface area contributed by atoms with Gasteiger partial charge in [-0.3, -0.25) is 9.69 Å². The average Bonchev–Trinajstić information content (AvgIpc) is 2.65. The van der Waals surface area contributed by atoms with Crippen molar-refractivity contribution in [3.63, 3.8) is 0 Å². The molecule has 0 saturated carbocycles. The Balaban J connectivity index is 2.76. The van der Waals surface area contributed by atoms with E-state index in [1.165, 1.54) is 11.3 Å². The third-order valence-electron chi connectivity index (χ3n) is 2.56. The number of carbonyl (C=O) groups excluding carboxylic acids is 1. The summed E-state index contributed by atoms with van der Waals surface area (Å²) >= 11 is 7.16. The molecule has 1 aromatic rings. The van der Waals surface area contributed by atoms with E-state index in [1.54, 1.807) is 12.1 Å². The van der Waals surface area contributed by atoms with E-state index in [0.29, 0.717) is 4.34 Å². The van der Waals surface area contributed by atoms with Crippen molar-refractivity contribution in [3.05, 3.63) is 21.3 Å². The molecule has 2 nitrogen and oxygen atoms in total. The fraction of sp³-hybridized carbons (Fsp3) is 0.545. The second-order valence-corrected chi connectivity index (χ2v) is 5.08. The number of nitrogens with zero attached hydrogens (tertiary/aromatic N) is 1. The van der Waals surface area contributed by atoms with E-state index < -0.39 is 0 Å². The second-order valence-electron chi connectivity index (χ2n) is 3.37. The maximum atomic E-state index is 12.0. The van der Waals surface area contributed by atoms with Gasteiger partial charge in [0.15, 0.2) is 5.78 Å². The van der Waals surface area contributed by atoms with Crippen LogP contribution in [0.15, 0.2) is 12.1 Å². The highest BCUT2D eigenvalue weighted by atomic mass is 35.5. The minimum Gasteiger partial charge on any atom is -0.294 e. The summed E-state index contributed by atoms with van der Waals surface area (Å²) in [6, 6.07) is 3.51. The molecular weight excluding hydrogens is 230 g/mol. The predicted octanol–water partition coefficient (Wildman–Crippen LogP) is 3.31. The number of likely N-dealkylation sites (N-methyl/N-ethyl adjacent to an activating group) is 1. The highest BCUT2D eigenvalue weighted by Crippen LogP contribution is 2.23. The molecule has 4 heteroatoms. The SMILES string of the molecule is CCN(CC)C(C)C(=O)c1ccc(Cl)s1. The minimum atomic E-state index is -0.0604. The van der Waals surface area contributed by atoms with E-state index >= 15 is 0 Å². The van der Waals surface area contributed by atoms with Crippen molar-refractivity contribution in [3.8, 4) is 0 Å². The van der Waals surface area contributed by atoms with Crippen molar-refractivity contribution < 1.29 is 4.79 Å². The molecule has 0 radical (unpaired) electrons. The van der Waals surface area contributed by atoms with Crippen LogP contribution in [0.2, 0.25) is 4.34 Å². The molecule has 0 spiro atoms. The van der Waals surface area contributed by atoms with Crippen LogP contribution in [0.3, 0.4) is 0 Å². The van der Waals surface area contributed by atoms with Gasteiger partial charge in [-0.25, -0.2) is 0 Å². The van der Waals surface area contributed by atoms with Gasteiger partial charge in [0, 0.05) is 0 Å². The molecule has 1 heterocycles. The third-order valence-corrected chi connectivity index (χ3v) is 3.80. The summed E-state index contributed by atoms with van der Waals surface area (Å²) in [5.74, 6) is 0.163. The Bertz CT molecular complexity index is 333. The first kappa shape index (κ1) is 12.7. The Morgan fingerprint density at radius 1 is 1.47 bits per heavy atom. The topological polar surface area (TPSA) is 20.3 Å². The molecule has 0 aliphatic carbocycles. The monoisotopic (exact) mass is 245 g/mol. The number of carbonyl (C=O) groups is 1. The van der Waals surface area contributed by atoms with Gasteiger partial charge < -0.3 is 0 Å². The predicted molar refractivity (Wildman–Crippen MR) is 66.0 cm³/mol. The van der Waals surface area contributed by atoms with Gasteiger partial charge in [0.05, 0.1) is 15.3 Å². The van der Waals surface area contributed by atoms with Crippen LogP contribution in [0.4, 0.5) is 0 Å². The van der Waals surface area contributed by atoms with Gasteiger partial charge in [-0.2, -0.15) is 0 Å². The molecular formula is C11H16ClNOS. The maximum Gasteiger partial charge on any atom is 0.189 e. The van der Waals surface area contributed by atoms with E-state index in [2.05, 4.69) is 18.7 Å². The number of thiophene rings is 1. The number of Topliss-reactive ketones (excluding diaryl/α,β-unsaturated/α-hetero) is 1. The molecule has 0 aliphatic rings. The lowest BCUT2D eigenvalue weighted by molar-refractivity contribution is 0.0856. The molecule has 0 aliphatic heterocycles. The second kappa shape index (κ2) is 5.64. The van der Waals surface area contributed by atoms with Crippen LogP contribution in [-0.4, -0.2) is 29.8 Å². The summed E-state index contributed by atoms with van der Waals surface area (Å²) in [6.45, 7) is 7.86. The van der Waals surface area contributed by atoms with Gasteiger partial charge in [-0.05, 0) is 32.1 Å². The van der Waals surface area contributed by atoms with E-state index in [-0.39, 0.29) is 11.8 Å². The van der Waals surface area contributed by atoms with Gasteiger partial charge >= 0.3 is 0 Å². The van der Waals surface area contributed by atoms with E-state index in [0.717, 1.165) is 18.0 Å². The van der Waals surface area contributed by atoms with E-state index in [4.69, 9.17) is 11.6 Å². The lowest BCUT2D eigenvalue weighted by atomic mass is 10.1. The Morgan fingerprint density at radius 3 is 2.47 bits per heavy atom. The zero-order chi connectivity index (χ0) is 11.4. The summed E-state index contributed by atoms with van der Waals surface area (Å²) in [4.78, 5) is 14.9. The molecule has 0 bridgehead atoms. The normalized spacial score (nSPS) is 13.1. The third kappa shape index (κ3) is 3.03. The van der Waals surface area contributed by atoms with Crippen LogP contribution in [0.1, 0.15) is 30.4 Å². The first-order valence-corrected chi connectivity index (χ1v) is 6.33. The molecule has 0 amide bonds. The maximum absolute atomic E-state index is 12.0. The molecule has 0 saturated heterocycles. The number of rotatable bonds is 5. The number of hydrogen-bond donors (Lipinski definition) is 0. The smallest absolute Gasteiger partial charge is 0.189 e. The molecule has 1 rings (SSSR count).